The molecule has 32 heavy (non-hydrogen) atoms. The van der Waals surface area contributed by atoms with E-state index in [0.717, 1.165) is 22.3 Å². The van der Waals surface area contributed by atoms with E-state index in [2.05, 4.69) is 0 Å². The van der Waals surface area contributed by atoms with Gasteiger partial charge in [0.2, 0.25) is 5.43 Å². The molecule has 164 valence electrons. The maximum Gasteiger partial charge on any atom is 0.224 e. The Morgan fingerprint density at radius 3 is 2.06 bits per heavy atom. The molecule has 2 heterocycles. The van der Waals surface area contributed by atoms with E-state index < -0.39 is 22.6 Å². The molecule has 2 aromatic carbocycles. The largest absolute Gasteiger partial charge is 0.503 e. The van der Waals surface area contributed by atoms with Crippen molar-refractivity contribution in [1.29, 1.82) is 0 Å². The van der Waals surface area contributed by atoms with Gasteiger partial charge in [0.15, 0.2) is 17.2 Å². The van der Waals surface area contributed by atoms with Crippen LogP contribution in [-0.2, 0) is 12.8 Å². The van der Waals surface area contributed by atoms with Crippen LogP contribution >= 0.6 is 0 Å². The van der Waals surface area contributed by atoms with E-state index in [4.69, 9.17) is 0 Å². The zero-order valence-electron chi connectivity index (χ0n) is 17.7. The lowest BCUT2D eigenvalue weighted by atomic mass is 9.82. The minimum Gasteiger partial charge on any atom is -0.503 e. The fourth-order valence-corrected chi connectivity index (χ4v) is 4.90. The van der Waals surface area contributed by atoms with Crippen molar-refractivity contribution < 1.29 is 18.7 Å². The Bertz CT molecular complexity index is 1280. The average molecular weight is 436 g/mol. The minimum absolute atomic E-state index is 0.0784. The SMILES string of the molecule is CC1(C)CN(C2c3ccc(F)cc3CCc3cc(F)ccc32)n2ccc(=O)c(O)c2C1=O. The van der Waals surface area contributed by atoms with Crippen molar-refractivity contribution in [1.82, 2.24) is 4.68 Å². The second-order valence-electron chi connectivity index (χ2n) is 9.12. The number of aromatic hydroxyl groups is 1. The summed E-state index contributed by atoms with van der Waals surface area (Å²) in [5.41, 5.74) is 1.66. The first-order valence-electron chi connectivity index (χ1n) is 10.5. The molecular weight excluding hydrogens is 414 g/mol. The van der Waals surface area contributed by atoms with Crippen molar-refractivity contribution in [3.05, 3.63) is 98.5 Å². The number of aromatic nitrogens is 1. The molecule has 3 aromatic rings. The number of Topliss-reactive ketones (excluding diaryl/α,β-unsaturated/α-hetero) is 1. The second-order valence-corrected chi connectivity index (χ2v) is 9.12. The molecule has 2 aliphatic rings. The Balaban J connectivity index is 1.81. The van der Waals surface area contributed by atoms with Crippen LogP contribution in [0.1, 0.15) is 52.6 Å². The Hall–Kier alpha value is -3.48. The fourth-order valence-electron chi connectivity index (χ4n) is 4.90. The highest BCUT2D eigenvalue weighted by Gasteiger charge is 2.44. The number of nitrogens with zero attached hydrogens (tertiary/aromatic N) is 2. The van der Waals surface area contributed by atoms with E-state index in [1.165, 1.54) is 41.2 Å². The van der Waals surface area contributed by atoms with E-state index >= 15 is 0 Å². The summed E-state index contributed by atoms with van der Waals surface area (Å²) in [6.07, 6.45) is 2.55. The molecule has 0 atom stereocenters. The number of ketones is 1. The van der Waals surface area contributed by atoms with Crippen LogP contribution < -0.4 is 10.4 Å². The maximum atomic E-state index is 14.1. The van der Waals surface area contributed by atoms with E-state index in [9.17, 15) is 23.5 Å². The van der Waals surface area contributed by atoms with Gasteiger partial charge >= 0.3 is 0 Å². The van der Waals surface area contributed by atoms with Gasteiger partial charge in [0.1, 0.15) is 11.6 Å². The summed E-state index contributed by atoms with van der Waals surface area (Å²) < 4.78 is 29.7. The predicted octanol–water partition coefficient (Wildman–Crippen LogP) is 3.88. The van der Waals surface area contributed by atoms with Crippen molar-refractivity contribution in [3.8, 4) is 5.75 Å². The quantitative estimate of drug-likeness (QED) is 0.629. The average Bonchev–Trinajstić information content (AvgIpc) is 2.89. The molecule has 1 N–H and O–H groups in total. The Labute approximate surface area is 183 Å². The summed E-state index contributed by atoms with van der Waals surface area (Å²) in [5.74, 6) is -1.63. The third kappa shape index (κ3) is 3.03. The lowest BCUT2D eigenvalue weighted by Gasteiger charge is -2.45. The molecule has 0 fully saturated rings. The van der Waals surface area contributed by atoms with Gasteiger partial charge in [0.05, 0.1) is 6.04 Å². The van der Waals surface area contributed by atoms with Gasteiger partial charge in [-0.05, 0) is 59.4 Å². The Kier molecular flexibility index (Phi) is 4.48. The first-order valence-corrected chi connectivity index (χ1v) is 10.5. The highest BCUT2D eigenvalue weighted by molar-refractivity contribution is 6.02. The number of rotatable bonds is 1. The van der Waals surface area contributed by atoms with Gasteiger partial charge in [-0.25, -0.2) is 8.78 Å². The number of pyridine rings is 1. The predicted molar refractivity (Wildman–Crippen MR) is 116 cm³/mol. The van der Waals surface area contributed by atoms with E-state index in [-0.39, 0.29) is 29.7 Å². The molecule has 0 saturated heterocycles. The molecule has 0 saturated carbocycles. The smallest absolute Gasteiger partial charge is 0.224 e. The number of hydrogen-bond donors (Lipinski definition) is 1. The van der Waals surface area contributed by atoms with Crippen molar-refractivity contribution in [2.75, 3.05) is 11.6 Å². The third-order valence-corrected chi connectivity index (χ3v) is 6.48. The number of hydrogen-bond acceptors (Lipinski definition) is 4. The van der Waals surface area contributed by atoms with Gasteiger partial charge in [0.25, 0.3) is 0 Å². The summed E-state index contributed by atoms with van der Waals surface area (Å²) >= 11 is 0. The first-order chi connectivity index (χ1) is 15.2. The number of carbonyl (C=O) groups excluding carboxylic acids is 1. The van der Waals surface area contributed by atoms with Gasteiger partial charge < -0.3 is 5.11 Å². The lowest BCUT2D eigenvalue weighted by molar-refractivity contribution is 0.0786. The van der Waals surface area contributed by atoms with E-state index in [1.54, 1.807) is 26.0 Å². The van der Waals surface area contributed by atoms with Gasteiger partial charge in [-0.15, -0.1) is 0 Å². The summed E-state index contributed by atoms with van der Waals surface area (Å²) in [4.78, 5) is 25.3. The molecule has 0 spiro atoms. The Morgan fingerprint density at radius 2 is 1.50 bits per heavy atom. The fraction of sp³-hybridized carbons (Fsp3) is 0.280. The number of carbonyl (C=O) groups is 1. The second kappa shape index (κ2) is 7.02. The maximum absolute atomic E-state index is 14.1. The van der Waals surface area contributed by atoms with E-state index in [1.807, 2.05) is 5.01 Å². The van der Waals surface area contributed by atoms with Crippen LogP contribution in [-0.4, -0.2) is 22.1 Å². The van der Waals surface area contributed by atoms with Crippen LogP contribution in [0, 0.1) is 17.0 Å². The minimum atomic E-state index is -0.905. The van der Waals surface area contributed by atoms with Crippen LogP contribution in [0.4, 0.5) is 8.78 Å². The third-order valence-electron chi connectivity index (χ3n) is 6.48. The summed E-state index contributed by atoms with van der Waals surface area (Å²) in [6, 6.07) is 9.96. The van der Waals surface area contributed by atoms with Crippen LogP contribution in [0.15, 0.2) is 53.5 Å². The molecule has 5 rings (SSSR count). The zero-order valence-corrected chi connectivity index (χ0v) is 17.7. The lowest BCUT2D eigenvalue weighted by Crippen LogP contribution is -2.54. The van der Waals surface area contributed by atoms with Gasteiger partial charge in [-0.3, -0.25) is 19.3 Å². The van der Waals surface area contributed by atoms with Gasteiger partial charge in [-0.1, -0.05) is 26.0 Å². The number of fused-ring (bicyclic) bond motifs is 3. The molecule has 0 unspecified atom stereocenters. The highest BCUT2D eigenvalue weighted by atomic mass is 19.1. The van der Waals surface area contributed by atoms with Crippen molar-refractivity contribution in [3.63, 3.8) is 0 Å². The number of benzene rings is 2. The molecule has 0 amide bonds. The topological polar surface area (TPSA) is 62.5 Å². The number of halogens is 2. The summed E-state index contributed by atoms with van der Waals surface area (Å²) in [5, 5.41) is 12.4. The van der Waals surface area contributed by atoms with Gasteiger partial charge in [0, 0.05) is 24.2 Å². The molecule has 1 aliphatic heterocycles. The van der Waals surface area contributed by atoms with Crippen molar-refractivity contribution in [2.24, 2.45) is 5.41 Å². The molecule has 1 aliphatic carbocycles. The van der Waals surface area contributed by atoms with Crippen molar-refractivity contribution in [2.45, 2.75) is 32.7 Å². The first kappa shape index (κ1) is 20.4. The van der Waals surface area contributed by atoms with Crippen LogP contribution in [0.5, 0.6) is 5.75 Å². The van der Waals surface area contributed by atoms with E-state index in [0.29, 0.717) is 12.8 Å². The van der Waals surface area contributed by atoms with Crippen LogP contribution in [0.3, 0.4) is 0 Å². The molecular formula is C25H22F2N2O3. The molecule has 0 radical (unpaired) electrons. The Morgan fingerprint density at radius 1 is 0.938 bits per heavy atom. The number of aryl methyl sites for hydroxylation is 2. The summed E-state index contributed by atoms with van der Waals surface area (Å²) in [7, 11) is 0. The van der Waals surface area contributed by atoms with Crippen molar-refractivity contribution >= 4 is 5.78 Å². The molecule has 5 nitrogen and oxygen atoms in total. The van der Waals surface area contributed by atoms with Gasteiger partial charge in [-0.2, -0.15) is 0 Å². The monoisotopic (exact) mass is 436 g/mol. The molecule has 7 heteroatoms. The molecule has 1 aromatic heterocycles. The van der Waals surface area contributed by atoms with Crippen LogP contribution in [0.25, 0.3) is 0 Å². The highest BCUT2D eigenvalue weighted by Crippen LogP contribution is 2.41. The van der Waals surface area contributed by atoms with Crippen LogP contribution in [0.2, 0.25) is 0 Å². The normalized spacial score (nSPS) is 17.4. The molecule has 0 bridgehead atoms. The zero-order chi connectivity index (χ0) is 22.8. The summed E-state index contributed by atoms with van der Waals surface area (Å²) in [6.45, 7) is 3.80. The standard InChI is InChI=1S/C25H22F2N2O3/c1-25(2)13-29(28-10-9-20(30)23(31)22(28)24(25)32)21-18-7-5-16(26)11-14(18)3-4-15-12-17(27)6-8-19(15)21/h5-12,21,31H,3-4,13H2,1-2H3.